The molecule has 7 nitrogen and oxygen atoms in total. The Morgan fingerprint density at radius 2 is 1.54 bits per heavy atom. The normalized spacial score (nSPS) is 14.5. The molecule has 172 valence electrons. The minimum Gasteiger partial charge on any atom is -0.341 e. The fraction of sp³-hybridized carbons (Fsp3) is 0.214. The van der Waals surface area contributed by atoms with E-state index >= 15 is 0 Å². The second-order valence-corrected chi connectivity index (χ2v) is 9.24. The van der Waals surface area contributed by atoms with E-state index in [1.54, 1.807) is 12.4 Å². The zero-order valence-electron chi connectivity index (χ0n) is 19.2. The number of amides is 1. The van der Waals surface area contributed by atoms with Gasteiger partial charge in [0.05, 0.1) is 22.1 Å². The summed E-state index contributed by atoms with van der Waals surface area (Å²) in [6.45, 7) is 2.05. The minimum atomic E-state index is 0.177. The number of piperidine rings is 1. The van der Waals surface area contributed by atoms with Crippen LogP contribution in [0.15, 0.2) is 67.1 Å². The average Bonchev–Trinajstić information content (AvgIpc) is 3.52. The number of aromatic amines is 1. The van der Waals surface area contributed by atoms with Gasteiger partial charge in [-0.15, -0.1) is 0 Å². The molecule has 7 rings (SSSR count). The first kappa shape index (κ1) is 20.1. The number of pyridine rings is 2. The Labute approximate surface area is 201 Å². The zero-order valence-corrected chi connectivity index (χ0v) is 19.2. The maximum Gasteiger partial charge on any atom is 0.242 e. The molecule has 1 N–H and O–H groups in total. The van der Waals surface area contributed by atoms with Crippen LogP contribution in [0.1, 0.15) is 19.3 Å². The van der Waals surface area contributed by atoms with Gasteiger partial charge >= 0.3 is 0 Å². The Balaban J connectivity index is 1.40. The monoisotopic (exact) mass is 460 g/mol. The first-order chi connectivity index (χ1) is 17.3. The number of H-pyrrole nitrogens is 1. The van der Waals surface area contributed by atoms with Gasteiger partial charge in [-0.25, -0.2) is 4.98 Å². The lowest BCUT2D eigenvalue weighted by Crippen LogP contribution is -2.37. The third kappa shape index (κ3) is 3.19. The maximum absolute atomic E-state index is 13.1. The van der Waals surface area contributed by atoms with Gasteiger partial charge in [0.2, 0.25) is 5.91 Å². The molecular weight excluding hydrogens is 436 g/mol. The highest BCUT2D eigenvalue weighted by molar-refractivity contribution is 6.21. The third-order valence-electron chi connectivity index (χ3n) is 7.13. The maximum atomic E-state index is 13.1. The number of imidazole rings is 1. The number of benzene rings is 2. The van der Waals surface area contributed by atoms with E-state index in [0.29, 0.717) is 6.54 Å². The Morgan fingerprint density at radius 3 is 2.37 bits per heavy atom. The van der Waals surface area contributed by atoms with Crippen molar-refractivity contribution in [1.29, 1.82) is 0 Å². The summed E-state index contributed by atoms with van der Waals surface area (Å²) in [7, 11) is 0. The van der Waals surface area contributed by atoms with Crippen LogP contribution >= 0.6 is 0 Å². The Bertz CT molecular complexity index is 1670. The lowest BCUT2D eigenvalue weighted by molar-refractivity contribution is -0.132. The standard InChI is InChI=1S/C28H24N6O/c35-23(33-14-4-1-5-15-33)17-34-16-21(18-8-2-3-11-22(18)34)28-31-26-19-9-6-12-29-24(19)25-20(27(26)32-28)10-7-13-30-25/h2-3,6-13,16H,1,4-5,14-15,17H2,(H,31,32). The SMILES string of the molecule is O=C(Cn1cc(-c2nc3c4cccnc4c4ncccc4c3[nH]2)c2ccccc21)N1CCCCC1. The molecule has 1 saturated heterocycles. The fourth-order valence-electron chi connectivity index (χ4n) is 5.43. The van der Waals surface area contributed by atoms with Crippen molar-refractivity contribution in [2.24, 2.45) is 0 Å². The van der Waals surface area contributed by atoms with Crippen molar-refractivity contribution in [3.8, 4) is 11.4 Å². The highest BCUT2D eigenvalue weighted by atomic mass is 16.2. The predicted octanol–water partition coefficient (Wildman–Crippen LogP) is 5.29. The number of nitrogens with zero attached hydrogens (tertiary/aromatic N) is 5. The molecule has 1 aliphatic heterocycles. The molecule has 35 heavy (non-hydrogen) atoms. The van der Waals surface area contributed by atoms with Gasteiger partial charge in [-0.3, -0.25) is 14.8 Å². The van der Waals surface area contributed by atoms with Gasteiger partial charge in [-0.1, -0.05) is 18.2 Å². The molecule has 6 aromatic rings. The van der Waals surface area contributed by atoms with Crippen molar-refractivity contribution in [3.63, 3.8) is 0 Å². The summed E-state index contributed by atoms with van der Waals surface area (Å²) in [5.41, 5.74) is 5.56. The highest BCUT2D eigenvalue weighted by Crippen LogP contribution is 2.35. The quantitative estimate of drug-likeness (QED) is 0.364. The van der Waals surface area contributed by atoms with Crippen molar-refractivity contribution in [3.05, 3.63) is 67.1 Å². The number of rotatable bonds is 3. The van der Waals surface area contributed by atoms with Gasteiger partial charge in [0.15, 0.2) is 0 Å². The number of carbonyl (C=O) groups excluding carboxylic acids is 1. The molecule has 1 aliphatic rings. The van der Waals surface area contributed by atoms with Crippen LogP contribution in [-0.4, -0.2) is 48.4 Å². The van der Waals surface area contributed by atoms with E-state index in [-0.39, 0.29) is 5.91 Å². The van der Waals surface area contributed by atoms with E-state index in [0.717, 1.165) is 81.1 Å². The highest BCUT2D eigenvalue weighted by Gasteiger charge is 2.21. The summed E-state index contributed by atoms with van der Waals surface area (Å²) in [5.74, 6) is 0.956. The molecule has 5 heterocycles. The second kappa shape index (κ2) is 7.91. The molecule has 0 spiro atoms. The fourth-order valence-corrected chi connectivity index (χ4v) is 5.43. The third-order valence-corrected chi connectivity index (χ3v) is 7.13. The molecule has 7 heteroatoms. The van der Waals surface area contributed by atoms with Gasteiger partial charge in [0, 0.05) is 58.9 Å². The van der Waals surface area contributed by atoms with E-state index in [1.807, 2.05) is 35.2 Å². The van der Waals surface area contributed by atoms with Gasteiger partial charge in [0.25, 0.3) is 0 Å². The van der Waals surface area contributed by atoms with Crippen LogP contribution in [0, 0.1) is 0 Å². The summed E-state index contributed by atoms with van der Waals surface area (Å²) < 4.78 is 2.06. The van der Waals surface area contributed by atoms with Gasteiger partial charge < -0.3 is 14.5 Å². The zero-order chi connectivity index (χ0) is 23.4. The van der Waals surface area contributed by atoms with Crippen LogP contribution in [0.2, 0.25) is 0 Å². The van der Waals surface area contributed by atoms with Crippen molar-refractivity contribution in [2.45, 2.75) is 25.8 Å². The van der Waals surface area contributed by atoms with Crippen molar-refractivity contribution in [2.75, 3.05) is 13.1 Å². The van der Waals surface area contributed by atoms with Crippen molar-refractivity contribution < 1.29 is 4.79 Å². The Kier molecular flexibility index (Phi) is 4.55. The number of nitrogens with one attached hydrogen (secondary N) is 1. The molecule has 4 aromatic heterocycles. The molecule has 0 bridgehead atoms. The van der Waals surface area contributed by atoms with Crippen molar-refractivity contribution >= 4 is 49.6 Å². The van der Waals surface area contributed by atoms with Crippen LogP contribution in [0.5, 0.6) is 0 Å². The van der Waals surface area contributed by atoms with E-state index in [9.17, 15) is 4.79 Å². The topological polar surface area (TPSA) is 79.7 Å². The molecule has 0 atom stereocenters. The molecule has 1 fully saturated rings. The van der Waals surface area contributed by atoms with E-state index in [1.165, 1.54) is 6.42 Å². The first-order valence-corrected chi connectivity index (χ1v) is 12.1. The van der Waals surface area contributed by atoms with Crippen molar-refractivity contribution in [1.82, 2.24) is 29.4 Å². The van der Waals surface area contributed by atoms with Gasteiger partial charge in [0.1, 0.15) is 12.4 Å². The lowest BCUT2D eigenvalue weighted by Gasteiger charge is -2.27. The molecule has 1 amide bonds. The van der Waals surface area contributed by atoms with E-state index < -0.39 is 0 Å². The van der Waals surface area contributed by atoms with Gasteiger partial charge in [-0.05, 0) is 49.6 Å². The summed E-state index contributed by atoms with van der Waals surface area (Å²) in [4.78, 5) is 32.9. The Hall–Kier alpha value is -4.26. The number of aromatic nitrogens is 5. The Morgan fingerprint density at radius 1 is 0.829 bits per heavy atom. The second-order valence-electron chi connectivity index (χ2n) is 9.24. The smallest absolute Gasteiger partial charge is 0.242 e. The minimum absolute atomic E-state index is 0.177. The molecular formula is C28H24N6O. The van der Waals surface area contributed by atoms with Crippen LogP contribution in [0.4, 0.5) is 0 Å². The lowest BCUT2D eigenvalue weighted by atomic mass is 10.1. The number of fused-ring (bicyclic) bond motifs is 7. The largest absolute Gasteiger partial charge is 0.341 e. The van der Waals surface area contributed by atoms with Gasteiger partial charge in [-0.2, -0.15) is 0 Å². The van der Waals surface area contributed by atoms with E-state index in [2.05, 4.69) is 43.9 Å². The number of para-hydroxylation sites is 1. The van der Waals surface area contributed by atoms with Crippen LogP contribution in [0.3, 0.4) is 0 Å². The molecule has 0 radical (unpaired) electrons. The summed E-state index contributed by atoms with van der Waals surface area (Å²) >= 11 is 0. The van der Waals surface area contributed by atoms with Crippen LogP contribution in [0.25, 0.3) is 55.1 Å². The predicted molar refractivity (Wildman–Crippen MR) is 138 cm³/mol. The summed E-state index contributed by atoms with van der Waals surface area (Å²) in [6.07, 6.45) is 9.05. The number of hydrogen-bond acceptors (Lipinski definition) is 4. The number of likely N-dealkylation sites (tertiary alicyclic amines) is 1. The average molecular weight is 461 g/mol. The summed E-state index contributed by atoms with van der Waals surface area (Å²) in [5, 5.41) is 3.04. The first-order valence-electron chi connectivity index (χ1n) is 12.1. The number of hydrogen-bond donors (Lipinski definition) is 1. The molecule has 0 saturated carbocycles. The van der Waals surface area contributed by atoms with Crippen LogP contribution in [-0.2, 0) is 11.3 Å². The van der Waals surface area contributed by atoms with E-state index in [4.69, 9.17) is 4.98 Å². The molecule has 0 unspecified atom stereocenters. The summed E-state index contributed by atoms with van der Waals surface area (Å²) in [6, 6.07) is 16.2. The molecule has 2 aromatic carbocycles. The molecule has 0 aliphatic carbocycles. The van der Waals surface area contributed by atoms with Crippen LogP contribution < -0.4 is 0 Å². The number of carbonyl (C=O) groups is 1.